The number of carbonyl (C=O) groups is 2. The van der Waals surface area contributed by atoms with Crippen LogP contribution in [0.15, 0.2) is 59.5 Å². The third-order valence-electron chi connectivity index (χ3n) is 6.51. The van der Waals surface area contributed by atoms with Crippen molar-refractivity contribution in [1.29, 1.82) is 0 Å². The zero-order valence-corrected chi connectivity index (χ0v) is 23.7. The topological polar surface area (TPSA) is 122 Å². The number of nitrogens with one attached hydrogen (secondary N) is 1. The number of nitrogens with zero attached hydrogens (tertiary/aromatic N) is 1. The molecule has 0 saturated carbocycles. The predicted molar refractivity (Wildman–Crippen MR) is 147 cm³/mol. The molecule has 1 saturated heterocycles. The number of hydrogen-bond acceptors (Lipinski definition) is 6. The molecule has 2 N–H and O–H groups in total. The number of aliphatic carboxylic acids is 1. The number of carboxylic acid groups (broad SMARTS) is 1. The van der Waals surface area contributed by atoms with Crippen molar-refractivity contribution in [3.8, 4) is 22.6 Å². The molecule has 1 aliphatic rings. The summed E-state index contributed by atoms with van der Waals surface area (Å²) in [6.45, 7) is 0.0974. The Hall–Kier alpha value is -3.38. The van der Waals surface area contributed by atoms with Gasteiger partial charge in [0.15, 0.2) is 11.6 Å². The fourth-order valence-electron chi connectivity index (χ4n) is 4.49. The van der Waals surface area contributed by atoms with Gasteiger partial charge < -0.3 is 19.9 Å². The third kappa shape index (κ3) is 6.02. The van der Waals surface area contributed by atoms with Crippen LogP contribution in [0.3, 0.4) is 0 Å². The van der Waals surface area contributed by atoms with Gasteiger partial charge in [-0.15, -0.1) is 0 Å². The maximum absolute atomic E-state index is 14.4. The first kappa shape index (κ1) is 29.6. The Morgan fingerprint density at radius 2 is 1.73 bits per heavy atom. The van der Waals surface area contributed by atoms with Crippen LogP contribution in [-0.4, -0.2) is 56.5 Å². The van der Waals surface area contributed by atoms with E-state index in [1.165, 1.54) is 44.6 Å². The largest absolute Gasteiger partial charge is 0.496 e. The molecule has 1 heterocycles. The van der Waals surface area contributed by atoms with Gasteiger partial charge in [-0.3, -0.25) is 9.59 Å². The van der Waals surface area contributed by atoms with E-state index in [0.29, 0.717) is 22.4 Å². The normalized spacial score (nSPS) is 16.1. The summed E-state index contributed by atoms with van der Waals surface area (Å²) in [5.41, 5.74) is 1.35. The Kier molecular flexibility index (Phi) is 8.89. The van der Waals surface area contributed by atoms with E-state index in [9.17, 15) is 27.5 Å². The minimum atomic E-state index is -4.09. The predicted octanol–water partition coefficient (Wildman–Crippen LogP) is 4.91. The highest BCUT2D eigenvalue weighted by molar-refractivity contribution is 7.89. The lowest BCUT2D eigenvalue weighted by atomic mass is 9.97. The SMILES string of the molecule is COc1ccc(F)c(OC)c1-c1ccc([C@@H](CC(=O)O)NC(=O)[C@@H]2CCN2S(=O)(=O)c2cc(Cl)cc(Cl)c2)cc1. The van der Waals surface area contributed by atoms with Gasteiger partial charge in [0.1, 0.15) is 11.8 Å². The molecule has 1 amide bonds. The Balaban J connectivity index is 1.58. The fraction of sp³-hybridized carbons (Fsp3) is 0.259. The summed E-state index contributed by atoms with van der Waals surface area (Å²) in [6.07, 6.45) is -0.210. The first-order chi connectivity index (χ1) is 19.0. The van der Waals surface area contributed by atoms with Gasteiger partial charge in [0.2, 0.25) is 15.9 Å². The second-order valence-electron chi connectivity index (χ2n) is 8.96. The summed E-state index contributed by atoms with van der Waals surface area (Å²) >= 11 is 11.9. The second-order valence-corrected chi connectivity index (χ2v) is 11.7. The van der Waals surface area contributed by atoms with E-state index in [1.54, 1.807) is 24.3 Å². The number of sulfonamides is 1. The van der Waals surface area contributed by atoms with E-state index in [1.807, 2.05) is 0 Å². The average Bonchev–Trinajstić information content (AvgIpc) is 2.86. The first-order valence-electron chi connectivity index (χ1n) is 12.0. The molecule has 40 heavy (non-hydrogen) atoms. The summed E-state index contributed by atoms with van der Waals surface area (Å²) in [7, 11) is -1.31. The zero-order chi connectivity index (χ0) is 29.2. The Labute approximate surface area is 240 Å². The van der Waals surface area contributed by atoms with Crippen molar-refractivity contribution in [3.63, 3.8) is 0 Å². The van der Waals surface area contributed by atoms with Crippen molar-refractivity contribution in [2.24, 2.45) is 0 Å². The van der Waals surface area contributed by atoms with E-state index >= 15 is 0 Å². The molecule has 2 atom stereocenters. The number of benzene rings is 3. The van der Waals surface area contributed by atoms with Crippen molar-refractivity contribution in [2.45, 2.75) is 29.8 Å². The lowest BCUT2D eigenvalue weighted by Crippen LogP contribution is -2.58. The number of hydrogen-bond donors (Lipinski definition) is 2. The molecule has 1 fully saturated rings. The van der Waals surface area contributed by atoms with Crippen LogP contribution >= 0.6 is 23.2 Å². The molecule has 3 aromatic carbocycles. The van der Waals surface area contributed by atoms with Crippen molar-refractivity contribution >= 4 is 45.1 Å². The van der Waals surface area contributed by atoms with Crippen LogP contribution < -0.4 is 14.8 Å². The Bertz CT molecular complexity index is 1530. The van der Waals surface area contributed by atoms with Crippen LogP contribution in [0.2, 0.25) is 10.0 Å². The van der Waals surface area contributed by atoms with Crippen LogP contribution in [0.25, 0.3) is 11.1 Å². The number of methoxy groups -OCH3 is 2. The lowest BCUT2D eigenvalue weighted by Gasteiger charge is -2.39. The standard InChI is InChI=1S/C27H25Cl2FN2O7S/c1-38-23-8-7-20(30)26(39-2)25(23)16-5-3-15(4-6-16)21(14-24(33)34)31-27(35)22-9-10-32(22)40(36,37)19-12-17(28)11-18(29)13-19/h3-8,11-13,21-22H,9-10,14H2,1-2H3,(H,31,35)(H,33,34)/t21-,22+/m1/s1. The molecular weight excluding hydrogens is 586 g/mol. The van der Waals surface area contributed by atoms with Crippen LogP contribution in [-0.2, 0) is 19.6 Å². The Morgan fingerprint density at radius 3 is 2.25 bits per heavy atom. The Morgan fingerprint density at radius 1 is 1.07 bits per heavy atom. The van der Waals surface area contributed by atoms with Gasteiger partial charge in [-0.05, 0) is 47.9 Å². The number of rotatable bonds is 10. The van der Waals surface area contributed by atoms with Gasteiger partial charge >= 0.3 is 5.97 Å². The third-order valence-corrected chi connectivity index (χ3v) is 8.83. The summed E-state index contributed by atoms with van der Waals surface area (Å²) in [4.78, 5) is 24.6. The van der Waals surface area contributed by atoms with Crippen molar-refractivity contribution < 1.29 is 37.0 Å². The molecule has 0 bridgehead atoms. The molecule has 0 radical (unpaired) electrons. The molecule has 3 aromatic rings. The fourth-order valence-corrected chi connectivity index (χ4v) is 6.85. The minimum Gasteiger partial charge on any atom is -0.496 e. The van der Waals surface area contributed by atoms with Crippen LogP contribution in [0.4, 0.5) is 4.39 Å². The molecule has 4 rings (SSSR count). The van der Waals surface area contributed by atoms with E-state index in [4.69, 9.17) is 32.7 Å². The maximum Gasteiger partial charge on any atom is 0.305 e. The number of halogens is 3. The molecule has 0 spiro atoms. The lowest BCUT2D eigenvalue weighted by molar-refractivity contribution is -0.138. The molecule has 1 aliphatic heterocycles. The van der Waals surface area contributed by atoms with Gasteiger partial charge in [-0.2, -0.15) is 4.31 Å². The summed E-state index contributed by atoms with van der Waals surface area (Å²) in [6, 6.07) is 11.0. The van der Waals surface area contributed by atoms with Crippen molar-refractivity contribution in [1.82, 2.24) is 9.62 Å². The molecule has 0 unspecified atom stereocenters. The van der Waals surface area contributed by atoms with Crippen LogP contribution in [0.1, 0.15) is 24.4 Å². The van der Waals surface area contributed by atoms with Gasteiger partial charge in [0.05, 0.1) is 37.1 Å². The van der Waals surface area contributed by atoms with Crippen LogP contribution in [0.5, 0.6) is 11.5 Å². The van der Waals surface area contributed by atoms with Crippen molar-refractivity contribution in [2.75, 3.05) is 20.8 Å². The summed E-state index contributed by atoms with van der Waals surface area (Å²) in [5.74, 6) is -2.05. The number of carboxylic acids is 1. The average molecular weight is 611 g/mol. The number of ether oxygens (including phenoxy) is 2. The van der Waals surface area contributed by atoms with E-state index in [2.05, 4.69) is 5.32 Å². The number of carbonyl (C=O) groups excluding carboxylic acids is 1. The summed E-state index contributed by atoms with van der Waals surface area (Å²) < 4.78 is 52.3. The van der Waals surface area contributed by atoms with E-state index in [-0.39, 0.29) is 33.7 Å². The maximum atomic E-state index is 14.4. The van der Waals surface area contributed by atoms with Gasteiger partial charge in [0.25, 0.3) is 0 Å². The minimum absolute atomic E-state index is 0.0187. The molecule has 212 valence electrons. The summed E-state index contributed by atoms with van der Waals surface area (Å²) in [5, 5.41) is 12.4. The second kappa shape index (κ2) is 12.0. The van der Waals surface area contributed by atoms with Crippen molar-refractivity contribution in [3.05, 3.63) is 76.0 Å². The van der Waals surface area contributed by atoms with Crippen LogP contribution in [0, 0.1) is 5.82 Å². The van der Waals surface area contributed by atoms with Gasteiger partial charge in [-0.25, -0.2) is 12.8 Å². The highest BCUT2D eigenvalue weighted by Gasteiger charge is 2.43. The highest BCUT2D eigenvalue weighted by Crippen LogP contribution is 2.40. The van der Waals surface area contributed by atoms with E-state index < -0.39 is 46.2 Å². The van der Waals surface area contributed by atoms with Gasteiger partial charge in [0, 0.05) is 16.6 Å². The number of amides is 1. The van der Waals surface area contributed by atoms with E-state index in [0.717, 1.165) is 4.31 Å². The molecule has 0 aliphatic carbocycles. The molecule has 9 nitrogen and oxygen atoms in total. The zero-order valence-electron chi connectivity index (χ0n) is 21.4. The highest BCUT2D eigenvalue weighted by atomic mass is 35.5. The quantitative estimate of drug-likeness (QED) is 0.334. The molecule has 0 aromatic heterocycles. The molecular formula is C27H25Cl2FN2O7S. The first-order valence-corrected chi connectivity index (χ1v) is 14.2. The monoisotopic (exact) mass is 610 g/mol. The molecule has 13 heteroatoms. The smallest absolute Gasteiger partial charge is 0.305 e. The van der Waals surface area contributed by atoms with Gasteiger partial charge in [-0.1, -0.05) is 47.5 Å².